The highest BCUT2D eigenvalue weighted by Gasteiger charge is 2.19. The molecule has 1 saturated heterocycles. The smallest absolute Gasteiger partial charge is 0.0996 e. The molecular weight excluding hydrogens is 340 g/mol. The van der Waals surface area contributed by atoms with E-state index in [0.717, 1.165) is 5.92 Å². The molecule has 156 valence electrons. The number of rotatable bonds is 8. The van der Waals surface area contributed by atoms with Crippen molar-refractivity contribution in [2.45, 2.75) is 109 Å². The first-order valence-electron chi connectivity index (χ1n) is 12.2. The standard InChI is InChI=1S/C26H42N2/c1-3-5-14-25(27-26-15-10-7-11-21-28(26)20-4-2)24-18-16-23(17-19-24)22-12-8-6-9-13-22/h16-19,22,25H,3-15,20-21H2,1-2H3/b27-26+. The van der Waals surface area contributed by atoms with Crippen molar-refractivity contribution in [2.75, 3.05) is 13.1 Å². The Labute approximate surface area is 173 Å². The second-order valence-corrected chi connectivity index (χ2v) is 9.00. The molecular formula is C26H42N2. The zero-order valence-electron chi connectivity index (χ0n) is 18.5. The number of benzene rings is 1. The molecule has 1 aromatic carbocycles. The highest BCUT2D eigenvalue weighted by Crippen LogP contribution is 2.34. The van der Waals surface area contributed by atoms with E-state index in [9.17, 15) is 0 Å². The molecule has 0 radical (unpaired) electrons. The first-order valence-corrected chi connectivity index (χ1v) is 12.2. The number of hydrogen-bond donors (Lipinski definition) is 0. The number of aliphatic imine (C=N–C) groups is 1. The Balaban J connectivity index is 1.78. The lowest BCUT2D eigenvalue weighted by molar-refractivity contribution is 0.408. The van der Waals surface area contributed by atoms with Crippen molar-refractivity contribution < 1.29 is 0 Å². The molecule has 1 atom stereocenters. The van der Waals surface area contributed by atoms with Gasteiger partial charge in [-0.3, -0.25) is 4.99 Å². The normalized spacial score (nSPS) is 21.6. The Morgan fingerprint density at radius 1 is 0.929 bits per heavy atom. The lowest BCUT2D eigenvalue weighted by atomic mass is 9.83. The van der Waals surface area contributed by atoms with Crippen molar-refractivity contribution in [1.29, 1.82) is 0 Å². The van der Waals surface area contributed by atoms with Crippen LogP contribution >= 0.6 is 0 Å². The van der Waals surface area contributed by atoms with Gasteiger partial charge in [0.25, 0.3) is 0 Å². The van der Waals surface area contributed by atoms with Crippen LogP contribution in [-0.2, 0) is 0 Å². The van der Waals surface area contributed by atoms with Crippen LogP contribution in [0.5, 0.6) is 0 Å². The lowest BCUT2D eigenvalue weighted by Gasteiger charge is -2.26. The first kappa shape index (κ1) is 21.4. The van der Waals surface area contributed by atoms with Gasteiger partial charge in [0.1, 0.15) is 0 Å². The minimum Gasteiger partial charge on any atom is -0.360 e. The third kappa shape index (κ3) is 6.09. The van der Waals surface area contributed by atoms with Crippen LogP contribution in [-0.4, -0.2) is 23.8 Å². The first-order chi connectivity index (χ1) is 13.8. The van der Waals surface area contributed by atoms with Crippen LogP contribution in [0.4, 0.5) is 0 Å². The molecule has 2 aliphatic rings. The highest BCUT2D eigenvalue weighted by atomic mass is 15.2. The van der Waals surface area contributed by atoms with Crippen LogP contribution in [0, 0.1) is 0 Å². The fourth-order valence-corrected chi connectivity index (χ4v) is 5.02. The van der Waals surface area contributed by atoms with Crippen LogP contribution in [0.1, 0.15) is 120 Å². The zero-order chi connectivity index (χ0) is 19.6. The van der Waals surface area contributed by atoms with E-state index in [1.165, 1.54) is 108 Å². The van der Waals surface area contributed by atoms with E-state index in [1.807, 2.05) is 0 Å². The van der Waals surface area contributed by atoms with Crippen LogP contribution in [0.15, 0.2) is 29.3 Å². The SMILES string of the molecule is CCCCC(/N=C1\CCCCCN1CCC)c1ccc(C2CCCCC2)cc1. The average molecular weight is 383 g/mol. The maximum Gasteiger partial charge on any atom is 0.0996 e. The summed E-state index contributed by atoms with van der Waals surface area (Å²) in [7, 11) is 0. The molecule has 1 saturated carbocycles. The van der Waals surface area contributed by atoms with Crippen molar-refractivity contribution in [3.8, 4) is 0 Å². The summed E-state index contributed by atoms with van der Waals surface area (Å²) in [5.41, 5.74) is 2.99. The van der Waals surface area contributed by atoms with Crippen LogP contribution in [0.3, 0.4) is 0 Å². The summed E-state index contributed by atoms with van der Waals surface area (Å²) in [5.74, 6) is 2.18. The second-order valence-electron chi connectivity index (χ2n) is 9.00. The molecule has 3 rings (SSSR count). The van der Waals surface area contributed by atoms with Gasteiger partial charge in [0.05, 0.1) is 11.9 Å². The van der Waals surface area contributed by atoms with Crippen LogP contribution < -0.4 is 0 Å². The van der Waals surface area contributed by atoms with Gasteiger partial charge in [-0.05, 0) is 55.6 Å². The van der Waals surface area contributed by atoms with E-state index in [1.54, 1.807) is 5.56 Å². The predicted molar refractivity (Wildman–Crippen MR) is 122 cm³/mol. The van der Waals surface area contributed by atoms with Gasteiger partial charge in [-0.2, -0.15) is 0 Å². The van der Waals surface area contributed by atoms with Crippen molar-refractivity contribution in [3.05, 3.63) is 35.4 Å². The molecule has 0 aromatic heterocycles. The topological polar surface area (TPSA) is 15.6 Å². The third-order valence-electron chi connectivity index (χ3n) is 6.72. The molecule has 1 aromatic rings. The summed E-state index contributed by atoms with van der Waals surface area (Å²) in [6.07, 6.45) is 17.1. The third-order valence-corrected chi connectivity index (χ3v) is 6.72. The average Bonchev–Trinajstić information content (AvgIpc) is 2.97. The van der Waals surface area contributed by atoms with Gasteiger partial charge in [0.15, 0.2) is 0 Å². The van der Waals surface area contributed by atoms with Gasteiger partial charge in [0, 0.05) is 19.5 Å². The summed E-state index contributed by atoms with van der Waals surface area (Å²) in [6, 6.07) is 9.97. The van der Waals surface area contributed by atoms with E-state index >= 15 is 0 Å². The van der Waals surface area contributed by atoms with Gasteiger partial charge in [-0.25, -0.2) is 0 Å². The van der Waals surface area contributed by atoms with Crippen molar-refractivity contribution >= 4 is 5.84 Å². The molecule has 0 spiro atoms. The Bertz CT molecular complexity index is 583. The molecule has 2 fully saturated rings. The summed E-state index contributed by atoms with van der Waals surface area (Å²) >= 11 is 0. The minimum absolute atomic E-state index is 0.341. The maximum atomic E-state index is 5.39. The summed E-state index contributed by atoms with van der Waals surface area (Å²) in [4.78, 5) is 7.97. The number of unbranched alkanes of at least 4 members (excludes halogenated alkanes) is 1. The fourth-order valence-electron chi connectivity index (χ4n) is 5.02. The van der Waals surface area contributed by atoms with Gasteiger partial charge >= 0.3 is 0 Å². The van der Waals surface area contributed by atoms with E-state index in [0.29, 0.717) is 6.04 Å². The van der Waals surface area contributed by atoms with E-state index < -0.39 is 0 Å². The molecule has 1 aliphatic carbocycles. The van der Waals surface area contributed by atoms with Crippen LogP contribution in [0.25, 0.3) is 0 Å². The number of nitrogens with zero attached hydrogens (tertiary/aromatic N) is 2. The summed E-state index contributed by atoms with van der Waals surface area (Å²) in [6.45, 7) is 6.96. The number of hydrogen-bond acceptors (Lipinski definition) is 1. The lowest BCUT2D eigenvalue weighted by Crippen LogP contribution is -2.31. The molecule has 1 heterocycles. The summed E-state index contributed by atoms with van der Waals surface area (Å²) < 4.78 is 0. The predicted octanol–water partition coefficient (Wildman–Crippen LogP) is 7.65. The minimum atomic E-state index is 0.341. The van der Waals surface area contributed by atoms with E-state index in [2.05, 4.69) is 43.0 Å². The van der Waals surface area contributed by atoms with Crippen LogP contribution in [0.2, 0.25) is 0 Å². The Morgan fingerprint density at radius 2 is 1.68 bits per heavy atom. The van der Waals surface area contributed by atoms with E-state index in [-0.39, 0.29) is 0 Å². The van der Waals surface area contributed by atoms with Gasteiger partial charge in [-0.15, -0.1) is 0 Å². The molecule has 1 aliphatic heterocycles. The number of likely N-dealkylation sites (tertiary alicyclic amines) is 1. The molecule has 2 nitrogen and oxygen atoms in total. The molecule has 0 amide bonds. The second kappa shape index (κ2) is 11.6. The maximum absolute atomic E-state index is 5.39. The van der Waals surface area contributed by atoms with Gasteiger partial charge in [-0.1, -0.05) is 76.6 Å². The molecule has 0 bridgehead atoms. The quantitative estimate of drug-likeness (QED) is 0.451. The van der Waals surface area contributed by atoms with Crippen molar-refractivity contribution in [3.63, 3.8) is 0 Å². The Kier molecular flexibility index (Phi) is 8.89. The highest BCUT2D eigenvalue weighted by molar-refractivity contribution is 5.82. The Morgan fingerprint density at radius 3 is 2.39 bits per heavy atom. The molecule has 2 heteroatoms. The fraction of sp³-hybridized carbons (Fsp3) is 0.731. The number of amidine groups is 1. The van der Waals surface area contributed by atoms with Gasteiger partial charge < -0.3 is 4.90 Å². The Hall–Kier alpha value is -1.31. The largest absolute Gasteiger partial charge is 0.360 e. The van der Waals surface area contributed by atoms with Gasteiger partial charge in [0.2, 0.25) is 0 Å². The molecule has 28 heavy (non-hydrogen) atoms. The summed E-state index contributed by atoms with van der Waals surface area (Å²) in [5, 5.41) is 0. The van der Waals surface area contributed by atoms with E-state index in [4.69, 9.17) is 4.99 Å². The molecule has 0 N–H and O–H groups in total. The molecule has 1 unspecified atom stereocenters. The zero-order valence-corrected chi connectivity index (χ0v) is 18.5. The monoisotopic (exact) mass is 382 g/mol. The van der Waals surface area contributed by atoms with Crippen molar-refractivity contribution in [1.82, 2.24) is 4.90 Å². The van der Waals surface area contributed by atoms with Crippen molar-refractivity contribution in [2.24, 2.45) is 4.99 Å².